The number of halogens is 2. The number of fused-ring (bicyclic) bond motifs is 3. The van der Waals surface area contributed by atoms with Crippen LogP contribution in [0.25, 0.3) is 22.2 Å². The Morgan fingerprint density at radius 2 is 1.89 bits per heavy atom. The zero-order valence-electron chi connectivity index (χ0n) is 20.8. The number of aromatic amines is 1. The maximum absolute atomic E-state index is 14.4. The van der Waals surface area contributed by atoms with Gasteiger partial charge in [-0.05, 0) is 59.9 Å². The van der Waals surface area contributed by atoms with Crippen molar-refractivity contribution < 1.29 is 18.0 Å². The van der Waals surface area contributed by atoms with E-state index in [1.165, 1.54) is 0 Å². The Morgan fingerprint density at radius 3 is 2.68 bits per heavy atom. The number of nitrogens with zero attached hydrogens (tertiary/aromatic N) is 3. The second-order valence-corrected chi connectivity index (χ2v) is 9.34. The molecule has 0 amide bonds. The van der Waals surface area contributed by atoms with Crippen LogP contribution in [0.15, 0.2) is 63.9 Å². The van der Waals surface area contributed by atoms with Gasteiger partial charge in [-0.2, -0.15) is 0 Å². The normalized spacial score (nSPS) is 14.1. The molecule has 0 unspecified atom stereocenters. The summed E-state index contributed by atoms with van der Waals surface area (Å²) in [7, 11) is 0. The number of aryl methyl sites for hydroxylation is 1. The van der Waals surface area contributed by atoms with Gasteiger partial charge in [0.1, 0.15) is 18.2 Å². The Balaban J connectivity index is 1.50. The Kier molecular flexibility index (Phi) is 5.90. The lowest BCUT2D eigenvalue weighted by Gasteiger charge is -2.15. The first-order valence-corrected chi connectivity index (χ1v) is 12.4. The van der Waals surface area contributed by atoms with E-state index in [4.69, 9.17) is 14.2 Å². The summed E-state index contributed by atoms with van der Waals surface area (Å²) in [5.41, 5.74) is 6.12. The molecule has 3 aromatic carbocycles. The Morgan fingerprint density at radius 1 is 1.08 bits per heavy atom. The number of rotatable bonds is 5. The lowest BCUT2D eigenvalue weighted by Crippen LogP contribution is -2.07. The standard InChI is InChI=1S/C29H24F2N4O3/c1-3-6-26-32-23-7-4-5-8-24(23)35(26)14-17-9-10-19-18(11-17)15-37-25-13-22(31)21(30)12-20(25)27(19)16(2)28-33-29(36)38-34-28/h4-5,7-13H,3,6,14-15H2,1-2H3,(H,33,34,36)/b27-16+. The highest BCUT2D eigenvalue weighted by Crippen LogP contribution is 2.41. The molecule has 0 saturated carbocycles. The van der Waals surface area contributed by atoms with Crippen LogP contribution in [0.3, 0.4) is 0 Å². The van der Waals surface area contributed by atoms with Crippen LogP contribution in [-0.2, 0) is 19.6 Å². The first kappa shape index (κ1) is 23.8. The van der Waals surface area contributed by atoms with Crippen molar-refractivity contribution in [2.24, 2.45) is 0 Å². The summed E-state index contributed by atoms with van der Waals surface area (Å²) in [6, 6.07) is 16.2. The van der Waals surface area contributed by atoms with Crippen LogP contribution in [0.2, 0.25) is 0 Å². The van der Waals surface area contributed by atoms with Crippen molar-refractivity contribution in [3.05, 3.63) is 111 Å². The number of benzene rings is 3. The molecule has 6 rings (SSSR count). The van der Waals surface area contributed by atoms with Gasteiger partial charge in [-0.1, -0.05) is 36.3 Å². The Labute approximate surface area is 216 Å². The van der Waals surface area contributed by atoms with Crippen LogP contribution in [-0.4, -0.2) is 19.7 Å². The van der Waals surface area contributed by atoms with Crippen molar-refractivity contribution in [1.29, 1.82) is 0 Å². The zero-order chi connectivity index (χ0) is 26.4. The van der Waals surface area contributed by atoms with E-state index >= 15 is 0 Å². The summed E-state index contributed by atoms with van der Waals surface area (Å²) in [5.74, 6) is -1.29. The van der Waals surface area contributed by atoms with Gasteiger partial charge in [-0.25, -0.2) is 18.6 Å². The number of H-pyrrole nitrogens is 1. The highest BCUT2D eigenvalue weighted by Gasteiger charge is 2.25. The SMILES string of the molecule is CCCc1nc2ccccc2n1Cc1ccc2c(c1)COc1cc(F)c(F)cc1/C2=C(\C)c1noc(=O)[nH]1. The third-order valence-electron chi connectivity index (χ3n) is 6.83. The topological polar surface area (TPSA) is 85.9 Å². The van der Waals surface area contributed by atoms with E-state index in [9.17, 15) is 13.6 Å². The number of aromatic nitrogens is 4. The third-order valence-corrected chi connectivity index (χ3v) is 6.83. The van der Waals surface area contributed by atoms with Crippen molar-refractivity contribution in [2.45, 2.75) is 39.8 Å². The van der Waals surface area contributed by atoms with Crippen molar-refractivity contribution in [1.82, 2.24) is 19.7 Å². The lowest BCUT2D eigenvalue weighted by atomic mass is 9.89. The van der Waals surface area contributed by atoms with Crippen LogP contribution in [0, 0.1) is 11.6 Å². The van der Waals surface area contributed by atoms with Crippen molar-refractivity contribution in [3.8, 4) is 5.75 Å². The Hall–Kier alpha value is -4.53. The molecule has 0 atom stereocenters. The van der Waals surface area contributed by atoms with Crippen LogP contribution in [0.5, 0.6) is 5.75 Å². The van der Waals surface area contributed by atoms with Crippen LogP contribution >= 0.6 is 0 Å². The molecule has 0 bridgehead atoms. The molecular formula is C29H24F2N4O3. The first-order chi connectivity index (χ1) is 18.4. The number of imidazole rings is 1. The zero-order valence-corrected chi connectivity index (χ0v) is 20.8. The molecule has 3 heterocycles. The van der Waals surface area contributed by atoms with Gasteiger partial charge in [0, 0.05) is 30.2 Å². The van der Waals surface area contributed by atoms with Gasteiger partial charge in [0.2, 0.25) is 0 Å². The highest BCUT2D eigenvalue weighted by atomic mass is 19.2. The minimum Gasteiger partial charge on any atom is -0.488 e. The van der Waals surface area contributed by atoms with E-state index < -0.39 is 17.4 Å². The van der Waals surface area contributed by atoms with Crippen molar-refractivity contribution >= 4 is 22.2 Å². The number of nitrogens with one attached hydrogen (secondary N) is 1. The summed E-state index contributed by atoms with van der Waals surface area (Å²) < 4.78 is 41.5. The molecule has 0 spiro atoms. The molecule has 0 saturated heterocycles. The molecular weight excluding hydrogens is 490 g/mol. The molecule has 1 aliphatic rings. The second-order valence-electron chi connectivity index (χ2n) is 9.34. The number of allylic oxidation sites excluding steroid dienone is 1. The summed E-state index contributed by atoms with van der Waals surface area (Å²) >= 11 is 0. The number of ether oxygens (including phenoxy) is 1. The molecule has 0 aliphatic carbocycles. The van der Waals surface area contributed by atoms with Gasteiger partial charge in [-0.3, -0.25) is 9.51 Å². The average Bonchev–Trinajstić information content (AvgIpc) is 3.45. The van der Waals surface area contributed by atoms with Gasteiger partial charge >= 0.3 is 5.76 Å². The average molecular weight is 515 g/mol. The molecule has 5 aromatic rings. The summed E-state index contributed by atoms with van der Waals surface area (Å²) in [6.07, 6.45) is 1.83. The number of hydrogen-bond donors (Lipinski definition) is 1. The molecule has 1 N–H and O–H groups in total. The maximum Gasteiger partial charge on any atom is 0.439 e. The third kappa shape index (κ3) is 4.09. The van der Waals surface area contributed by atoms with Crippen molar-refractivity contribution in [3.63, 3.8) is 0 Å². The van der Waals surface area contributed by atoms with E-state index in [0.717, 1.165) is 58.5 Å². The molecule has 0 radical (unpaired) electrons. The van der Waals surface area contributed by atoms with E-state index in [1.54, 1.807) is 6.92 Å². The maximum atomic E-state index is 14.4. The minimum atomic E-state index is -1.00. The first-order valence-electron chi connectivity index (χ1n) is 12.4. The predicted octanol–water partition coefficient (Wildman–Crippen LogP) is 5.86. The fraction of sp³-hybridized carbons (Fsp3) is 0.207. The minimum absolute atomic E-state index is 0.153. The molecule has 9 heteroatoms. The van der Waals surface area contributed by atoms with Crippen LogP contribution in [0.1, 0.15) is 54.2 Å². The summed E-state index contributed by atoms with van der Waals surface area (Å²) in [5, 5.41) is 3.81. The lowest BCUT2D eigenvalue weighted by molar-refractivity contribution is 0.304. The molecule has 0 fully saturated rings. The second kappa shape index (κ2) is 9.41. The summed E-state index contributed by atoms with van der Waals surface area (Å²) in [4.78, 5) is 19.0. The van der Waals surface area contributed by atoms with Crippen LogP contribution in [0.4, 0.5) is 8.78 Å². The fourth-order valence-electron chi connectivity index (χ4n) is 5.07. The van der Waals surface area contributed by atoms with Gasteiger partial charge in [0.25, 0.3) is 0 Å². The number of hydrogen-bond acceptors (Lipinski definition) is 5. The quantitative estimate of drug-likeness (QED) is 0.317. The van der Waals surface area contributed by atoms with Gasteiger partial charge in [0.15, 0.2) is 17.5 Å². The van der Waals surface area contributed by atoms with E-state index in [-0.39, 0.29) is 18.2 Å². The number of para-hydroxylation sites is 2. The largest absolute Gasteiger partial charge is 0.488 e. The van der Waals surface area contributed by atoms with Gasteiger partial charge in [-0.15, -0.1) is 0 Å². The molecule has 7 nitrogen and oxygen atoms in total. The molecule has 38 heavy (non-hydrogen) atoms. The fourth-order valence-corrected chi connectivity index (χ4v) is 5.07. The summed E-state index contributed by atoms with van der Waals surface area (Å²) in [6.45, 7) is 4.63. The Bertz CT molecular complexity index is 1780. The van der Waals surface area contributed by atoms with Crippen molar-refractivity contribution in [2.75, 3.05) is 0 Å². The van der Waals surface area contributed by atoms with Gasteiger partial charge < -0.3 is 9.30 Å². The van der Waals surface area contributed by atoms with E-state index in [0.29, 0.717) is 23.3 Å². The van der Waals surface area contributed by atoms with E-state index in [2.05, 4.69) is 27.7 Å². The monoisotopic (exact) mass is 514 g/mol. The molecule has 2 aromatic heterocycles. The molecule has 1 aliphatic heterocycles. The van der Waals surface area contributed by atoms with Gasteiger partial charge in [0.05, 0.1) is 11.0 Å². The smallest absolute Gasteiger partial charge is 0.439 e. The van der Waals surface area contributed by atoms with Crippen LogP contribution < -0.4 is 10.5 Å². The highest BCUT2D eigenvalue weighted by molar-refractivity contribution is 5.99. The van der Waals surface area contributed by atoms with E-state index in [1.807, 2.05) is 36.4 Å². The predicted molar refractivity (Wildman–Crippen MR) is 139 cm³/mol. The molecule has 192 valence electrons.